The van der Waals surface area contributed by atoms with E-state index < -0.39 is 11.2 Å². The van der Waals surface area contributed by atoms with Gasteiger partial charge in [0.2, 0.25) is 0 Å². The van der Waals surface area contributed by atoms with Crippen molar-refractivity contribution in [1.29, 1.82) is 0 Å². The molecule has 2 aromatic heterocycles. The second-order valence-corrected chi connectivity index (χ2v) is 3.26. The van der Waals surface area contributed by atoms with Gasteiger partial charge in [0.05, 0.1) is 11.9 Å². The zero-order valence-corrected chi connectivity index (χ0v) is 8.60. The molecule has 0 spiro atoms. The van der Waals surface area contributed by atoms with E-state index in [1.54, 1.807) is 6.21 Å². The Labute approximate surface area is 90.3 Å². The molecule has 16 heavy (non-hydrogen) atoms. The predicted octanol–water partition coefficient (Wildman–Crippen LogP) is 0.152. The Kier molecular flexibility index (Phi) is 2.55. The molecule has 2 rings (SSSR count). The van der Waals surface area contributed by atoms with Gasteiger partial charge in [-0.05, 0) is 12.1 Å². The highest BCUT2D eigenvalue weighted by molar-refractivity contribution is 5.79. The van der Waals surface area contributed by atoms with E-state index in [-0.39, 0.29) is 5.69 Å². The molecule has 0 saturated carbocycles. The maximum atomic E-state index is 11.3. The van der Waals surface area contributed by atoms with Crippen LogP contribution in [-0.2, 0) is 7.05 Å². The van der Waals surface area contributed by atoms with Crippen LogP contribution in [-0.4, -0.2) is 20.7 Å². The fraction of sp³-hybridized carbons (Fsp3) is 0.100. The van der Waals surface area contributed by atoms with Crippen LogP contribution >= 0.6 is 0 Å². The molecule has 0 aliphatic rings. The summed E-state index contributed by atoms with van der Waals surface area (Å²) in [6.07, 6.45) is 4.71. The van der Waals surface area contributed by atoms with Gasteiger partial charge >= 0.3 is 5.69 Å². The van der Waals surface area contributed by atoms with Crippen LogP contribution in [0.1, 0.15) is 5.69 Å². The number of aromatic amines is 2. The largest absolute Gasteiger partial charge is 0.350 e. The third-order valence-electron chi connectivity index (χ3n) is 2.12. The van der Waals surface area contributed by atoms with Crippen LogP contribution in [0.5, 0.6) is 0 Å². The minimum absolute atomic E-state index is 0.167. The van der Waals surface area contributed by atoms with Crippen LogP contribution in [0.2, 0.25) is 0 Å². The van der Waals surface area contributed by atoms with E-state index in [1.165, 1.54) is 6.20 Å². The van der Waals surface area contributed by atoms with Gasteiger partial charge < -0.3 is 9.55 Å². The van der Waals surface area contributed by atoms with Crippen molar-refractivity contribution in [2.24, 2.45) is 12.0 Å². The Morgan fingerprint density at radius 2 is 2.25 bits per heavy atom. The number of aryl methyl sites for hydroxylation is 1. The molecular formula is C10H10N4O2. The summed E-state index contributed by atoms with van der Waals surface area (Å²) in [6, 6.07) is 3.74. The third kappa shape index (κ3) is 2.00. The van der Waals surface area contributed by atoms with E-state index in [4.69, 9.17) is 0 Å². The molecule has 0 unspecified atom stereocenters. The summed E-state index contributed by atoms with van der Waals surface area (Å²) >= 11 is 0. The van der Waals surface area contributed by atoms with Crippen molar-refractivity contribution in [2.45, 2.75) is 0 Å². The monoisotopic (exact) mass is 218 g/mol. The molecule has 2 aromatic rings. The lowest BCUT2D eigenvalue weighted by Crippen LogP contribution is -2.20. The molecule has 2 N–H and O–H groups in total. The van der Waals surface area contributed by atoms with Crippen LogP contribution in [0, 0.1) is 0 Å². The van der Waals surface area contributed by atoms with Gasteiger partial charge in [-0.2, -0.15) is 0 Å². The summed E-state index contributed by atoms with van der Waals surface area (Å²) in [7, 11) is 1.87. The highest BCUT2D eigenvalue weighted by Crippen LogP contribution is 2.01. The number of aliphatic imine (C=N–C) groups is 1. The quantitative estimate of drug-likeness (QED) is 0.703. The highest BCUT2D eigenvalue weighted by Gasteiger charge is 1.97. The Balaban J connectivity index is 2.35. The molecule has 0 bridgehead atoms. The lowest BCUT2D eigenvalue weighted by molar-refractivity contribution is 0.918. The third-order valence-corrected chi connectivity index (χ3v) is 2.12. The van der Waals surface area contributed by atoms with Gasteiger partial charge in [-0.1, -0.05) is 0 Å². The second-order valence-electron chi connectivity index (χ2n) is 3.26. The number of hydrogen-bond donors (Lipinski definition) is 2. The molecule has 6 nitrogen and oxygen atoms in total. The van der Waals surface area contributed by atoms with Crippen molar-refractivity contribution in [3.05, 3.63) is 51.1 Å². The first-order valence-electron chi connectivity index (χ1n) is 4.64. The molecule has 0 radical (unpaired) electrons. The number of H-pyrrole nitrogens is 2. The van der Waals surface area contributed by atoms with Gasteiger partial charge in [0.1, 0.15) is 5.69 Å². The lowest BCUT2D eigenvalue weighted by atomic mass is 10.4. The molecule has 0 aliphatic carbocycles. The topological polar surface area (TPSA) is 83.0 Å². The first kappa shape index (κ1) is 10.2. The lowest BCUT2D eigenvalue weighted by Gasteiger charge is -1.94. The van der Waals surface area contributed by atoms with Gasteiger partial charge in [0.15, 0.2) is 0 Å². The van der Waals surface area contributed by atoms with Crippen molar-refractivity contribution < 1.29 is 0 Å². The average Bonchev–Trinajstić information content (AvgIpc) is 2.63. The van der Waals surface area contributed by atoms with E-state index in [0.29, 0.717) is 0 Å². The molecule has 2 heterocycles. The Bertz CT molecular complexity index is 633. The van der Waals surface area contributed by atoms with Crippen molar-refractivity contribution in [2.75, 3.05) is 0 Å². The minimum Gasteiger partial charge on any atom is -0.350 e. The standard InChI is InChI=1S/C10H10N4O2/c1-14-4-2-3-7(14)5-11-8-6-12-10(16)13-9(8)15/h2-6H,1H3,(H2,12,13,15,16). The SMILES string of the molecule is Cn1cccc1C=Nc1c[nH]c(=O)[nH]c1=O. The maximum absolute atomic E-state index is 11.3. The Hall–Kier alpha value is -2.37. The van der Waals surface area contributed by atoms with Gasteiger partial charge in [0, 0.05) is 19.4 Å². The summed E-state index contributed by atoms with van der Waals surface area (Å²) < 4.78 is 1.86. The summed E-state index contributed by atoms with van der Waals surface area (Å²) in [5, 5.41) is 0. The summed E-state index contributed by atoms with van der Waals surface area (Å²) in [5.74, 6) is 0. The minimum atomic E-state index is -0.539. The molecule has 0 aromatic carbocycles. The Morgan fingerprint density at radius 3 is 2.88 bits per heavy atom. The van der Waals surface area contributed by atoms with Crippen LogP contribution in [0.4, 0.5) is 5.69 Å². The average molecular weight is 218 g/mol. The summed E-state index contributed by atoms with van der Waals surface area (Å²) in [5.41, 5.74) is -0.0107. The fourth-order valence-corrected chi connectivity index (χ4v) is 1.24. The number of nitrogens with zero attached hydrogens (tertiary/aromatic N) is 2. The first-order chi connectivity index (χ1) is 7.66. The fourth-order valence-electron chi connectivity index (χ4n) is 1.24. The van der Waals surface area contributed by atoms with Crippen LogP contribution < -0.4 is 11.2 Å². The van der Waals surface area contributed by atoms with Gasteiger partial charge in [0.25, 0.3) is 5.56 Å². The van der Waals surface area contributed by atoms with Crippen molar-refractivity contribution in [1.82, 2.24) is 14.5 Å². The number of nitrogens with one attached hydrogen (secondary N) is 2. The Morgan fingerprint density at radius 1 is 1.44 bits per heavy atom. The molecule has 6 heteroatoms. The number of aromatic nitrogens is 3. The van der Waals surface area contributed by atoms with Crippen LogP contribution in [0.3, 0.4) is 0 Å². The van der Waals surface area contributed by atoms with Gasteiger partial charge in [-0.3, -0.25) is 9.78 Å². The predicted molar refractivity (Wildman–Crippen MR) is 60.4 cm³/mol. The van der Waals surface area contributed by atoms with Crippen LogP contribution in [0.25, 0.3) is 0 Å². The maximum Gasteiger partial charge on any atom is 0.325 e. The van der Waals surface area contributed by atoms with Crippen LogP contribution in [0.15, 0.2) is 39.1 Å². The van der Waals surface area contributed by atoms with E-state index in [2.05, 4.69) is 15.0 Å². The van der Waals surface area contributed by atoms with E-state index >= 15 is 0 Å². The number of hydrogen-bond acceptors (Lipinski definition) is 3. The molecule has 82 valence electrons. The molecule has 0 aliphatic heterocycles. The molecule has 0 amide bonds. The summed E-state index contributed by atoms with van der Waals surface area (Å²) in [4.78, 5) is 30.5. The van der Waals surface area contributed by atoms with Gasteiger partial charge in [-0.15, -0.1) is 0 Å². The van der Waals surface area contributed by atoms with Crippen molar-refractivity contribution in [3.63, 3.8) is 0 Å². The molecule has 0 fully saturated rings. The normalized spacial score (nSPS) is 11.1. The highest BCUT2D eigenvalue weighted by atomic mass is 16.2. The zero-order chi connectivity index (χ0) is 11.5. The molecule has 0 atom stereocenters. The van der Waals surface area contributed by atoms with Crippen molar-refractivity contribution in [3.8, 4) is 0 Å². The first-order valence-corrected chi connectivity index (χ1v) is 4.64. The van der Waals surface area contributed by atoms with Gasteiger partial charge in [-0.25, -0.2) is 9.79 Å². The second kappa shape index (κ2) is 4.01. The number of rotatable bonds is 2. The zero-order valence-electron chi connectivity index (χ0n) is 8.60. The van der Waals surface area contributed by atoms with Crippen molar-refractivity contribution >= 4 is 11.9 Å². The van der Waals surface area contributed by atoms with E-state index in [0.717, 1.165) is 5.69 Å². The summed E-state index contributed by atoms with van der Waals surface area (Å²) in [6.45, 7) is 0. The molecule has 0 saturated heterocycles. The molecular weight excluding hydrogens is 208 g/mol. The smallest absolute Gasteiger partial charge is 0.325 e. The van der Waals surface area contributed by atoms with E-state index in [1.807, 2.05) is 29.9 Å². The van der Waals surface area contributed by atoms with E-state index in [9.17, 15) is 9.59 Å².